The van der Waals surface area contributed by atoms with Gasteiger partial charge in [0.05, 0.1) is 35.4 Å². The number of rotatable bonds is 6. The van der Waals surface area contributed by atoms with Gasteiger partial charge in [-0.25, -0.2) is 0 Å². The van der Waals surface area contributed by atoms with Gasteiger partial charge in [-0.1, -0.05) is 35.9 Å². The van der Waals surface area contributed by atoms with Gasteiger partial charge < -0.3 is 14.8 Å². The summed E-state index contributed by atoms with van der Waals surface area (Å²) in [6, 6.07) is 14.7. The maximum absolute atomic E-state index is 12.9. The van der Waals surface area contributed by atoms with E-state index in [1.807, 2.05) is 18.2 Å². The largest absolute Gasteiger partial charge is 0.496 e. The first kappa shape index (κ1) is 23.2. The van der Waals surface area contributed by atoms with Crippen LogP contribution in [-0.2, 0) is 20.1 Å². The third-order valence-electron chi connectivity index (χ3n) is 4.85. The molecule has 1 heterocycles. The van der Waals surface area contributed by atoms with E-state index in [1.54, 1.807) is 24.3 Å². The molecule has 0 saturated carbocycles. The predicted octanol–water partition coefficient (Wildman–Crippen LogP) is 4.78. The van der Waals surface area contributed by atoms with Gasteiger partial charge in [0.2, 0.25) is 5.91 Å². The molecule has 1 N–H and O–H groups in total. The second-order valence-electron chi connectivity index (χ2n) is 6.60. The van der Waals surface area contributed by atoms with Crippen molar-refractivity contribution in [2.45, 2.75) is 11.7 Å². The first-order valence-electron chi connectivity index (χ1n) is 9.13. The Kier molecular flexibility index (Phi) is 7.65. The normalized spacial score (nSPS) is 18.2. The van der Waals surface area contributed by atoms with Crippen LogP contribution in [-0.4, -0.2) is 26.1 Å². The lowest BCUT2D eigenvalue weighted by Crippen LogP contribution is -2.44. The van der Waals surface area contributed by atoms with E-state index in [2.05, 4.69) is 27.3 Å². The number of nitrogens with zero attached hydrogens (tertiary/aromatic N) is 1. The third-order valence-corrected chi connectivity index (χ3v) is 6.90. The summed E-state index contributed by atoms with van der Waals surface area (Å²) in [6.07, 6.45) is 0. The Hall–Kier alpha value is -2.47. The molecule has 2 aromatic carbocycles. The fourth-order valence-electron chi connectivity index (χ4n) is 3.32. The summed E-state index contributed by atoms with van der Waals surface area (Å²) in [5, 5.41) is 13.7. The Labute approximate surface area is 197 Å². The van der Waals surface area contributed by atoms with Crippen LogP contribution < -0.4 is 10.1 Å². The molecule has 2 atom stereocenters. The molecule has 1 aliphatic rings. The molecule has 31 heavy (non-hydrogen) atoms. The molecule has 3 rings (SSSR count). The number of halogens is 2. The Morgan fingerprint density at radius 1 is 1.29 bits per heavy atom. The van der Waals surface area contributed by atoms with E-state index in [0.717, 1.165) is 5.56 Å². The van der Waals surface area contributed by atoms with E-state index in [-0.39, 0.29) is 5.57 Å². The first-order chi connectivity index (χ1) is 14.9. The van der Waals surface area contributed by atoms with Crippen LogP contribution in [0.1, 0.15) is 17.0 Å². The molecule has 0 spiro atoms. The van der Waals surface area contributed by atoms with Crippen molar-refractivity contribution in [3.05, 3.63) is 73.7 Å². The van der Waals surface area contributed by atoms with E-state index in [0.29, 0.717) is 31.6 Å². The Morgan fingerprint density at radius 2 is 2.03 bits per heavy atom. The number of ether oxygens (including phenoxy) is 2. The molecular formula is C22H18BrClN2O4S. The van der Waals surface area contributed by atoms with Crippen molar-refractivity contribution in [1.82, 2.24) is 5.32 Å². The number of benzene rings is 2. The highest BCUT2D eigenvalue weighted by atomic mass is 79.9. The Bertz CT molecular complexity index is 1100. The Balaban J connectivity index is 2.06. The zero-order valence-electron chi connectivity index (χ0n) is 16.6. The lowest BCUT2D eigenvalue weighted by atomic mass is 9.78. The highest BCUT2D eigenvalue weighted by molar-refractivity contribution is 9.10. The molecule has 9 heteroatoms. The molecule has 0 radical (unpaired) electrons. The molecule has 1 amide bonds. The van der Waals surface area contributed by atoms with Crippen molar-refractivity contribution in [3.63, 3.8) is 0 Å². The molecule has 0 aliphatic carbocycles. The lowest BCUT2D eigenvalue weighted by molar-refractivity contribution is -0.150. The van der Waals surface area contributed by atoms with Gasteiger partial charge in [0.25, 0.3) is 0 Å². The van der Waals surface area contributed by atoms with Crippen LogP contribution in [0, 0.1) is 17.2 Å². The summed E-state index contributed by atoms with van der Waals surface area (Å²) in [5.41, 5.74) is 1.77. The SMILES string of the molecule is COC(=O)[C@@H]1C(=O)NC(SCc2ccccc2Cl)=C(C#N)[C@H]1c1ccc(OC)c(Br)c1. The maximum Gasteiger partial charge on any atom is 0.319 e. The fraction of sp³-hybridized carbons (Fsp3) is 0.227. The van der Waals surface area contributed by atoms with E-state index in [4.69, 9.17) is 21.1 Å². The number of methoxy groups -OCH3 is 2. The standard InChI is InChI=1S/C22H18BrClN2O4S/c1-29-17-8-7-12(9-15(17)23)18-14(10-25)21(26-20(27)19(18)22(28)30-2)31-11-13-5-3-4-6-16(13)24/h3-9,18-19H,11H2,1-2H3,(H,26,27)/t18-,19+/m1/s1. The zero-order chi connectivity index (χ0) is 22.5. The molecule has 1 aliphatic heterocycles. The fourth-order valence-corrected chi connectivity index (χ4v) is 5.21. The number of amides is 1. The van der Waals surface area contributed by atoms with Gasteiger partial charge in [0, 0.05) is 16.7 Å². The zero-order valence-corrected chi connectivity index (χ0v) is 19.8. The number of nitrogens with one attached hydrogen (secondary N) is 1. The smallest absolute Gasteiger partial charge is 0.319 e. The molecule has 0 aromatic heterocycles. The van der Waals surface area contributed by atoms with Crippen LogP contribution >= 0.6 is 39.3 Å². The summed E-state index contributed by atoms with van der Waals surface area (Å²) >= 11 is 10.9. The molecule has 0 bridgehead atoms. The second-order valence-corrected chi connectivity index (χ2v) is 8.84. The number of hydrogen-bond acceptors (Lipinski definition) is 6. The quantitative estimate of drug-likeness (QED) is 0.435. The van der Waals surface area contributed by atoms with E-state index < -0.39 is 23.7 Å². The summed E-state index contributed by atoms with van der Waals surface area (Å²) in [5.74, 6) is -2.19. The summed E-state index contributed by atoms with van der Waals surface area (Å²) in [6.45, 7) is 0. The number of allylic oxidation sites excluding steroid dienone is 1. The topological polar surface area (TPSA) is 88.4 Å². The molecule has 0 saturated heterocycles. The van der Waals surface area contributed by atoms with Crippen LogP contribution in [0.25, 0.3) is 0 Å². The van der Waals surface area contributed by atoms with Gasteiger partial charge in [-0.2, -0.15) is 5.26 Å². The predicted molar refractivity (Wildman–Crippen MR) is 122 cm³/mol. The molecule has 0 fully saturated rings. The summed E-state index contributed by atoms with van der Waals surface area (Å²) in [7, 11) is 2.75. The van der Waals surface area contributed by atoms with Crippen molar-refractivity contribution >= 4 is 51.2 Å². The minimum absolute atomic E-state index is 0.282. The minimum Gasteiger partial charge on any atom is -0.496 e. The van der Waals surface area contributed by atoms with Crippen LogP contribution in [0.2, 0.25) is 5.02 Å². The third kappa shape index (κ3) is 4.90. The molecule has 6 nitrogen and oxygen atoms in total. The number of carbonyl (C=O) groups excluding carboxylic acids is 2. The minimum atomic E-state index is -1.19. The number of carbonyl (C=O) groups is 2. The molecule has 2 aromatic rings. The summed E-state index contributed by atoms with van der Waals surface area (Å²) in [4.78, 5) is 25.4. The van der Waals surface area contributed by atoms with Crippen molar-refractivity contribution in [1.29, 1.82) is 5.26 Å². The first-order valence-corrected chi connectivity index (χ1v) is 11.3. The van der Waals surface area contributed by atoms with Crippen LogP contribution in [0.15, 0.2) is 57.5 Å². The van der Waals surface area contributed by atoms with Gasteiger partial charge in [-0.15, -0.1) is 11.8 Å². The highest BCUT2D eigenvalue weighted by Gasteiger charge is 2.44. The van der Waals surface area contributed by atoms with Gasteiger partial charge in [-0.05, 0) is 45.3 Å². The lowest BCUT2D eigenvalue weighted by Gasteiger charge is -2.31. The number of thioether (sulfide) groups is 1. The van der Waals surface area contributed by atoms with E-state index in [1.165, 1.54) is 26.0 Å². The van der Waals surface area contributed by atoms with Gasteiger partial charge in [0.15, 0.2) is 0 Å². The van der Waals surface area contributed by atoms with Gasteiger partial charge >= 0.3 is 5.97 Å². The van der Waals surface area contributed by atoms with Crippen molar-refractivity contribution < 1.29 is 19.1 Å². The number of hydrogen-bond donors (Lipinski definition) is 1. The van der Waals surface area contributed by atoms with Gasteiger partial charge in [-0.3, -0.25) is 9.59 Å². The molecule has 160 valence electrons. The maximum atomic E-state index is 12.9. The average Bonchev–Trinajstić information content (AvgIpc) is 2.77. The van der Waals surface area contributed by atoms with Crippen LogP contribution in [0.3, 0.4) is 0 Å². The molecule has 0 unspecified atom stereocenters. The monoisotopic (exact) mass is 520 g/mol. The van der Waals surface area contributed by atoms with Gasteiger partial charge in [0.1, 0.15) is 11.7 Å². The van der Waals surface area contributed by atoms with Crippen LogP contribution in [0.5, 0.6) is 5.75 Å². The van der Waals surface area contributed by atoms with Crippen molar-refractivity contribution in [2.75, 3.05) is 14.2 Å². The number of esters is 1. The Morgan fingerprint density at radius 3 is 2.65 bits per heavy atom. The second kappa shape index (κ2) is 10.2. The van der Waals surface area contributed by atoms with Crippen molar-refractivity contribution in [2.24, 2.45) is 5.92 Å². The average molecular weight is 522 g/mol. The van der Waals surface area contributed by atoms with E-state index >= 15 is 0 Å². The molecular weight excluding hydrogens is 504 g/mol. The summed E-state index contributed by atoms with van der Waals surface area (Å²) < 4.78 is 10.8. The van der Waals surface area contributed by atoms with Crippen LogP contribution in [0.4, 0.5) is 0 Å². The highest BCUT2D eigenvalue weighted by Crippen LogP contribution is 2.42. The van der Waals surface area contributed by atoms with Crippen molar-refractivity contribution in [3.8, 4) is 11.8 Å². The van der Waals surface area contributed by atoms with E-state index in [9.17, 15) is 14.9 Å². The number of nitriles is 1.